The van der Waals surface area contributed by atoms with Gasteiger partial charge in [0.15, 0.2) is 11.5 Å². The van der Waals surface area contributed by atoms with Gasteiger partial charge in [0.2, 0.25) is 23.3 Å². The summed E-state index contributed by atoms with van der Waals surface area (Å²) in [6.07, 6.45) is 0.400. The van der Waals surface area contributed by atoms with Crippen molar-refractivity contribution < 1.29 is 32.5 Å². The fraction of sp³-hybridized carbons (Fsp3) is 0.333. The molecule has 17 heavy (non-hydrogen) atoms. The first-order valence-corrected chi connectivity index (χ1v) is 4.85. The van der Waals surface area contributed by atoms with Gasteiger partial charge in [0.1, 0.15) is 0 Å². The lowest BCUT2D eigenvalue weighted by Gasteiger charge is -2.02. The van der Waals surface area contributed by atoms with E-state index in [-0.39, 0.29) is 0 Å². The van der Waals surface area contributed by atoms with Crippen molar-refractivity contribution in [2.24, 2.45) is 0 Å². The van der Waals surface area contributed by atoms with Crippen molar-refractivity contribution in [3.63, 3.8) is 0 Å². The summed E-state index contributed by atoms with van der Waals surface area (Å²) >= 11 is 5.27. The average molecular weight is 275 g/mol. The Kier molecular flexibility index (Phi) is 4.41. The summed E-state index contributed by atoms with van der Waals surface area (Å²) in [6.45, 7) is 0.878. The molecule has 1 fully saturated rings. The minimum atomic E-state index is -2.12. The molecule has 1 heterocycles. The molecule has 1 aliphatic heterocycles. The molecule has 1 aromatic carbocycles. The zero-order valence-corrected chi connectivity index (χ0v) is 8.94. The van der Waals surface area contributed by atoms with E-state index in [1.165, 1.54) is 0 Å². The lowest BCUT2D eigenvalue weighted by atomic mass is 10.2. The highest BCUT2D eigenvalue weighted by molar-refractivity contribution is 6.18. The van der Waals surface area contributed by atoms with Crippen LogP contribution in [0.3, 0.4) is 0 Å². The van der Waals surface area contributed by atoms with Crippen LogP contribution in [0.4, 0.5) is 17.6 Å². The van der Waals surface area contributed by atoms with Crippen LogP contribution >= 0.6 is 11.6 Å². The molecule has 3 nitrogen and oxygen atoms in total. The van der Waals surface area contributed by atoms with E-state index in [9.17, 15) is 17.6 Å². The van der Waals surface area contributed by atoms with Crippen LogP contribution < -0.4 is 0 Å². The summed E-state index contributed by atoms with van der Waals surface area (Å²) in [5.41, 5.74) is 0. The second kappa shape index (κ2) is 5.42. The molecule has 2 rings (SSSR count). The average Bonchev–Trinajstić information content (AvgIpc) is 3.16. The van der Waals surface area contributed by atoms with E-state index in [1.54, 1.807) is 0 Å². The van der Waals surface area contributed by atoms with E-state index >= 15 is 0 Å². The van der Waals surface area contributed by atoms with Crippen LogP contribution in [0.5, 0.6) is 11.5 Å². The number of rotatable bonds is 1. The molecule has 0 aromatic heterocycles. The predicted octanol–water partition coefficient (Wildman–Crippen LogP) is 2.28. The number of epoxide rings is 1. The van der Waals surface area contributed by atoms with Crippen LogP contribution in [-0.2, 0) is 4.74 Å². The van der Waals surface area contributed by atoms with Gasteiger partial charge in [-0.25, -0.2) is 4.39 Å². The summed E-state index contributed by atoms with van der Waals surface area (Å²) in [6, 6.07) is 0. The van der Waals surface area contributed by atoms with Gasteiger partial charge in [-0.3, -0.25) is 0 Å². The van der Waals surface area contributed by atoms with Gasteiger partial charge in [-0.1, -0.05) is 0 Å². The maximum Gasteiger partial charge on any atom is 0.212 e. The Hall–Kier alpha value is -1.21. The maximum absolute atomic E-state index is 12.3. The van der Waals surface area contributed by atoms with Gasteiger partial charge in [-0.15, -0.1) is 11.6 Å². The van der Waals surface area contributed by atoms with E-state index in [4.69, 9.17) is 26.6 Å². The van der Waals surface area contributed by atoms with E-state index in [0.29, 0.717) is 12.0 Å². The molecule has 8 heteroatoms. The smallest absolute Gasteiger partial charge is 0.212 e. The van der Waals surface area contributed by atoms with Gasteiger partial charge in [0, 0.05) is 0 Å². The Bertz CT molecular complexity index is 318. The van der Waals surface area contributed by atoms with E-state index in [0.717, 1.165) is 6.61 Å². The topological polar surface area (TPSA) is 53.0 Å². The quantitative estimate of drug-likeness (QED) is 0.272. The molecule has 1 atom stereocenters. The Morgan fingerprint density at radius 1 is 1.00 bits per heavy atom. The number of phenolic OH excluding ortho intramolecular Hbond substituents is 2. The highest BCUT2D eigenvalue weighted by Gasteiger charge is 2.24. The molecule has 0 bridgehead atoms. The molecule has 0 radical (unpaired) electrons. The molecule has 0 saturated carbocycles. The largest absolute Gasteiger partial charge is 0.503 e. The number of hydrogen-bond donors (Lipinski definition) is 2. The van der Waals surface area contributed by atoms with Gasteiger partial charge in [0.05, 0.1) is 18.6 Å². The molecule has 0 spiro atoms. The summed E-state index contributed by atoms with van der Waals surface area (Å²) in [5.74, 6) is -11.0. The minimum absolute atomic E-state index is 0.400. The number of aromatic hydroxyl groups is 2. The van der Waals surface area contributed by atoms with Crippen molar-refractivity contribution in [1.29, 1.82) is 0 Å². The SMILES string of the molecule is ClCC1CO1.Oc1c(F)c(O)c(F)c(F)c1F. The van der Waals surface area contributed by atoms with Gasteiger partial charge < -0.3 is 14.9 Å². The molecule has 1 aromatic rings. The third-order valence-electron chi connectivity index (χ3n) is 1.79. The number of halogens is 5. The van der Waals surface area contributed by atoms with E-state index in [2.05, 4.69) is 0 Å². The number of phenols is 2. The highest BCUT2D eigenvalue weighted by atomic mass is 35.5. The van der Waals surface area contributed by atoms with E-state index < -0.39 is 34.8 Å². The van der Waals surface area contributed by atoms with Crippen LogP contribution in [0.1, 0.15) is 0 Å². The number of hydrogen-bond acceptors (Lipinski definition) is 3. The van der Waals surface area contributed by atoms with Crippen molar-refractivity contribution >= 4 is 11.6 Å². The molecular weight excluding hydrogens is 268 g/mol. The molecule has 2 N–H and O–H groups in total. The summed E-state index contributed by atoms with van der Waals surface area (Å²) in [7, 11) is 0. The number of benzene rings is 1. The number of alkyl halides is 1. The third-order valence-corrected chi connectivity index (χ3v) is 2.14. The van der Waals surface area contributed by atoms with Crippen molar-refractivity contribution in [3.05, 3.63) is 23.3 Å². The molecular formula is C9H7ClF4O3. The lowest BCUT2D eigenvalue weighted by molar-refractivity contribution is 0.319. The molecule has 96 valence electrons. The summed E-state index contributed by atoms with van der Waals surface area (Å²) in [5, 5.41) is 16.8. The minimum Gasteiger partial charge on any atom is -0.503 e. The molecule has 0 amide bonds. The Labute approximate surface area is 98.2 Å². The summed E-state index contributed by atoms with van der Waals surface area (Å²) in [4.78, 5) is 0. The predicted molar refractivity (Wildman–Crippen MR) is 50.1 cm³/mol. The number of ether oxygens (including phenoxy) is 1. The highest BCUT2D eigenvalue weighted by Crippen LogP contribution is 2.32. The molecule has 1 saturated heterocycles. The van der Waals surface area contributed by atoms with Crippen LogP contribution in [0.25, 0.3) is 0 Å². The monoisotopic (exact) mass is 274 g/mol. The Morgan fingerprint density at radius 3 is 1.65 bits per heavy atom. The first kappa shape index (κ1) is 13.9. The van der Waals surface area contributed by atoms with Crippen molar-refractivity contribution in [2.75, 3.05) is 12.5 Å². The lowest BCUT2D eigenvalue weighted by Crippen LogP contribution is -1.95. The Morgan fingerprint density at radius 2 is 1.41 bits per heavy atom. The van der Waals surface area contributed by atoms with Crippen LogP contribution in [0.2, 0.25) is 0 Å². The maximum atomic E-state index is 12.3. The van der Waals surface area contributed by atoms with Gasteiger partial charge >= 0.3 is 0 Å². The first-order chi connectivity index (χ1) is 7.90. The van der Waals surface area contributed by atoms with Gasteiger partial charge in [-0.05, 0) is 0 Å². The van der Waals surface area contributed by atoms with Crippen LogP contribution in [0, 0.1) is 23.3 Å². The van der Waals surface area contributed by atoms with Crippen LogP contribution in [-0.4, -0.2) is 28.8 Å². The summed E-state index contributed by atoms with van der Waals surface area (Å²) < 4.78 is 53.6. The second-order valence-corrected chi connectivity index (χ2v) is 3.37. The Balaban J connectivity index is 0.000000239. The normalized spacial score (nSPS) is 17.4. The zero-order chi connectivity index (χ0) is 13.2. The van der Waals surface area contributed by atoms with Crippen LogP contribution in [0.15, 0.2) is 0 Å². The van der Waals surface area contributed by atoms with Gasteiger partial charge in [0.25, 0.3) is 0 Å². The second-order valence-electron chi connectivity index (χ2n) is 3.06. The molecule has 1 aliphatic rings. The zero-order valence-electron chi connectivity index (χ0n) is 8.18. The molecule has 0 aliphatic carbocycles. The fourth-order valence-corrected chi connectivity index (χ4v) is 0.944. The first-order valence-electron chi connectivity index (χ1n) is 4.31. The van der Waals surface area contributed by atoms with Gasteiger partial charge in [-0.2, -0.15) is 13.2 Å². The van der Waals surface area contributed by atoms with E-state index in [1.807, 2.05) is 0 Å². The van der Waals surface area contributed by atoms with Crippen molar-refractivity contribution in [3.8, 4) is 11.5 Å². The molecule has 1 unspecified atom stereocenters. The van der Waals surface area contributed by atoms with Crippen molar-refractivity contribution in [1.82, 2.24) is 0 Å². The fourth-order valence-electron chi connectivity index (χ4n) is 0.766. The van der Waals surface area contributed by atoms with Crippen molar-refractivity contribution in [2.45, 2.75) is 6.10 Å². The third kappa shape index (κ3) is 3.13. The standard InChI is InChI=1S/C6H2F4O2.C3H5ClO/c7-1-2(8)5(11)4(10)6(12)3(1)9;4-1-3-2-5-3/h11-12H;3H,1-2H2.